The molecule has 1 amide bonds. The first-order valence-corrected chi connectivity index (χ1v) is 8.89. The SMILES string of the molecule is Cc1cc(NC(=O)CC(C)(O)c2ccccc2)ccc1N1CCCC1. The van der Waals surface area contributed by atoms with Crippen LogP contribution >= 0.6 is 0 Å². The van der Waals surface area contributed by atoms with Gasteiger partial charge in [-0.3, -0.25) is 4.79 Å². The summed E-state index contributed by atoms with van der Waals surface area (Å²) in [5.41, 5.74) is 2.73. The number of aliphatic hydroxyl groups is 1. The van der Waals surface area contributed by atoms with Crippen LogP contribution in [0.1, 0.15) is 37.3 Å². The van der Waals surface area contributed by atoms with Crippen LogP contribution in [0.25, 0.3) is 0 Å². The van der Waals surface area contributed by atoms with Gasteiger partial charge < -0.3 is 15.3 Å². The molecule has 132 valence electrons. The predicted molar refractivity (Wildman–Crippen MR) is 102 cm³/mol. The number of amides is 1. The topological polar surface area (TPSA) is 52.6 Å². The molecule has 1 saturated heterocycles. The molecule has 4 heteroatoms. The molecule has 1 fully saturated rings. The highest BCUT2D eigenvalue weighted by Gasteiger charge is 2.26. The van der Waals surface area contributed by atoms with E-state index in [0.29, 0.717) is 0 Å². The third kappa shape index (κ3) is 4.20. The molecule has 0 saturated carbocycles. The molecule has 1 aliphatic heterocycles. The Morgan fingerprint density at radius 2 is 1.84 bits per heavy atom. The van der Waals surface area contributed by atoms with Gasteiger partial charge in [0.1, 0.15) is 0 Å². The highest BCUT2D eigenvalue weighted by atomic mass is 16.3. The summed E-state index contributed by atoms with van der Waals surface area (Å²) in [5.74, 6) is -0.192. The monoisotopic (exact) mass is 338 g/mol. The van der Waals surface area contributed by atoms with Crippen LogP contribution in [0, 0.1) is 6.92 Å². The first kappa shape index (κ1) is 17.5. The maximum atomic E-state index is 12.4. The maximum Gasteiger partial charge on any atom is 0.227 e. The molecular weight excluding hydrogens is 312 g/mol. The van der Waals surface area contributed by atoms with Gasteiger partial charge in [0.25, 0.3) is 0 Å². The molecule has 2 N–H and O–H groups in total. The number of anilines is 2. The fraction of sp³-hybridized carbons (Fsp3) is 0.381. The third-order valence-electron chi connectivity index (χ3n) is 4.83. The fourth-order valence-electron chi connectivity index (χ4n) is 3.46. The number of nitrogens with zero attached hydrogens (tertiary/aromatic N) is 1. The molecule has 25 heavy (non-hydrogen) atoms. The van der Waals surface area contributed by atoms with Gasteiger partial charge in [0.15, 0.2) is 0 Å². The summed E-state index contributed by atoms with van der Waals surface area (Å²) in [4.78, 5) is 14.8. The van der Waals surface area contributed by atoms with Gasteiger partial charge in [0.05, 0.1) is 12.0 Å². The van der Waals surface area contributed by atoms with Gasteiger partial charge in [-0.05, 0) is 56.0 Å². The van der Waals surface area contributed by atoms with Crippen molar-refractivity contribution in [1.82, 2.24) is 0 Å². The van der Waals surface area contributed by atoms with Crippen molar-refractivity contribution in [2.45, 2.75) is 38.7 Å². The van der Waals surface area contributed by atoms with Gasteiger partial charge in [0.2, 0.25) is 5.91 Å². The Hall–Kier alpha value is -2.33. The highest BCUT2D eigenvalue weighted by molar-refractivity contribution is 5.91. The van der Waals surface area contributed by atoms with E-state index in [4.69, 9.17) is 0 Å². The average molecular weight is 338 g/mol. The summed E-state index contributed by atoms with van der Waals surface area (Å²) in [6, 6.07) is 15.3. The second-order valence-corrected chi connectivity index (χ2v) is 7.06. The smallest absolute Gasteiger partial charge is 0.227 e. The van der Waals surface area contributed by atoms with Crippen LogP contribution in [0.4, 0.5) is 11.4 Å². The number of nitrogens with one attached hydrogen (secondary N) is 1. The standard InChI is InChI=1S/C21H26N2O2/c1-16-14-18(10-11-19(16)23-12-6-7-13-23)22-20(24)15-21(2,25)17-8-4-3-5-9-17/h3-5,8-11,14,25H,6-7,12-13,15H2,1-2H3,(H,22,24). The summed E-state index contributed by atoms with van der Waals surface area (Å²) in [5, 5.41) is 13.5. The lowest BCUT2D eigenvalue weighted by Gasteiger charge is -2.24. The molecule has 0 spiro atoms. The second kappa shape index (κ2) is 7.28. The van der Waals surface area contributed by atoms with Crippen LogP contribution in [-0.4, -0.2) is 24.1 Å². The molecule has 1 heterocycles. The normalized spacial score (nSPS) is 16.5. The van der Waals surface area contributed by atoms with E-state index < -0.39 is 5.60 Å². The van der Waals surface area contributed by atoms with Crippen molar-refractivity contribution in [2.24, 2.45) is 0 Å². The van der Waals surface area contributed by atoms with E-state index in [-0.39, 0.29) is 12.3 Å². The maximum absolute atomic E-state index is 12.4. The predicted octanol–water partition coefficient (Wildman–Crippen LogP) is 3.83. The van der Waals surface area contributed by atoms with Crippen molar-refractivity contribution in [2.75, 3.05) is 23.3 Å². The Labute approximate surface area is 149 Å². The summed E-state index contributed by atoms with van der Waals surface area (Å²) in [6.45, 7) is 5.95. The minimum atomic E-state index is -1.18. The molecule has 1 atom stereocenters. The van der Waals surface area contributed by atoms with Crippen LogP contribution in [0.15, 0.2) is 48.5 Å². The molecule has 4 nitrogen and oxygen atoms in total. The first-order chi connectivity index (χ1) is 12.0. The fourth-order valence-corrected chi connectivity index (χ4v) is 3.46. The lowest BCUT2D eigenvalue weighted by molar-refractivity contribution is -0.120. The average Bonchev–Trinajstić information content (AvgIpc) is 3.09. The van der Waals surface area contributed by atoms with Crippen molar-refractivity contribution in [1.29, 1.82) is 0 Å². The zero-order chi connectivity index (χ0) is 17.9. The van der Waals surface area contributed by atoms with E-state index in [9.17, 15) is 9.90 Å². The van der Waals surface area contributed by atoms with Gasteiger partial charge >= 0.3 is 0 Å². The molecule has 1 unspecified atom stereocenters. The molecule has 3 rings (SSSR count). The number of hydrogen-bond acceptors (Lipinski definition) is 3. The van der Waals surface area contributed by atoms with E-state index in [1.165, 1.54) is 18.5 Å². The number of carbonyl (C=O) groups excluding carboxylic acids is 1. The number of carbonyl (C=O) groups is 1. The van der Waals surface area contributed by atoms with Crippen molar-refractivity contribution in [3.63, 3.8) is 0 Å². The molecule has 0 radical (unpaired) electrons. The summed E-state index contributed by atoms with van der Waals surface area (Å²) >= 11 is 0. The zero-order valence-corrected chi connectivity index (χ0v) is 15.0. The van der Waals surface area contributed by atoms with Gasteiger partial charge in [-0.1, -0.05) is 30.3 Å². The van der Waals surface area contributed by atoms with E-state index in [0.717, 1.165) is 29.9 Å². The van der Waals surface area contributed by atoms with Crippen LogP contribution in [0.3, 0.4) is 0 Å². The minimum absolute atomic E-state index is 0.0178. The third-order valence-corrected chi connectivity index (χ3v) is 4.83. The molecule has 0 aliphatic carbocycles. The van der Waals surface area contributed by atoms with Crippen LogP contribution < -0.4 is 10.2 Å². The Kier molecular flexibility index (Phi) is 5.09. The number of aryl methyl sites for hydroxylation is 1. The summed E-state index contributed by atoms with van der Waals surface area (Å²) in [7, 11) is 0. The number of hydrogen-bond donors (Lipinski definition) is 2. The van der Waals surface area contributed by atoms with Gasteiger partial charge in [0, 0.05) is 24.5 Å². The molecule has 0 aromatic heterocycles. The molecule has 0 bridgehead atoms. The lowest BCUT2D eigenvalue weighted by Crippen LogP contribution is -2.28. The highest BCUT2D eigenvalue weighted by Crippen LogP contribution is 2.28. The van der Waals surface area contributed by atoms with Crippen molar-refractivity contribution >= 4 is 17.3 Å². The Morgan fingerprint density at radius 3 is 2.48 bits per heavy atom. The number of rotatable bonds is 5. The van der Waals surface area contributed by atoms with Crippen molar-refractivity contribution < 1.29 is 9.90 Å². The van der Waals surface area contributed by atoms with Gasteiger partial charge in [-0.2, -0.15) is 0 Å². The quantitative estimate of drug-likeness (QED) is 0.871. The van der Waals surface area contributed by atoms with E-state index in [1.807, 2.05) is 42.5 Å². The van der Waals surface area contributed by atoms with Crippen molar-refractivity contribution in [3.05, 3.63) is 59.7 Å². The largest absolute Gasteiger partial charge is 0.385 e. The Bertz CT molecular complexity index is 735. The number of benzene rings is 2. The summed E-state index contributed by atoms with van der Waals surface area (Å²) in [6.07, 6.45) is 2.50. The van der Waals surface area contributed by atoms with E-state index in [1.54, 1.807) is 6.92 Å². The van der Waals surface area contributed by atoms with Crippen LogP contribution in [0.5, 0.6) is 0 Å². The van der Waals surface area contributed by atoms with Crippen LogP contribution in [-0.2, 0) is 10.4 Å². The van der Waals surface area contributed by atoms with E-state index >= 15 is 0 Å². The summed E-state index contributed by atoms with van der Waals surface area (Å²) < 4.78 is 0. The zero-order valence-electron chi connectivity index (χ0n) is 15.0. The van der Waals surface area contributed by atoms with Crippen LogP contribution in [0.2, 0.25) is 0 Å². The minimum Gasteiger partial charge on any atom is -0.385 e. The molecular formula is C21H26N2O2. The Balaban J connectivity index is 1.65. The molecule has 2 aromatic rings. The van der Waals surface area contributed by atoms with Crippen molar-refractivity contribution in [3.8, 4) is 0 Å². The Morgan fingerprint density at radius 1 is 1.16 bits per heavy atom. The molecule has 2 aromatic carbocycles. The van der Waals surface area contributed by atoms with Gasteiger partial charge in [-0.15, -0.1) is 0 Å². The van der Waals surface area contributed by atoms with Gasteiger partial charge in [-0.25, -0.2) is 0 Å². The molecule has 1 aliphatic rings. The first-order valence-electron chi connectivity index (χ1n) is 8.89. The second-order valence-electron chi connectivity index (χ2n) is 7.06. The lowest BCUT2D eigenvalue weighted by atomic mass is 9.92. The van der Waals surface area contributed by atoms with E-state index in [2.05, 4.69) is 23.2 Å².